The molecule has 1 fully saturated rings. The van der Waals surface area contributed by atoms with Gasteiger partial charge < -0.3 is 5.32 Å². The first-order valence-electron chi connectivity index (χ1n) is 6.88. The normalized spacial score (nSPS) is 17.4. The zero-order chi connectivity index (χ0) is 12.4. The first kappa shape index (κ1) is 12.6. The third-order valence-corrected chi connectivity index (χ3v) is 3.99. The molecule has 0 spiro atoms. The highest BCUT2D eigenvalue weighted by Crippen LogP contribution is 2.33. The molecule has 1 N–H and O–H groups in total. The second-order valence-corrected chi connectivity index (χ2v) is 5.29. The van der Waals surface area contributed by atoms with Crippen molar-refractivity contribution < 1.29 is 0 Å². The predicted molar refractivity (Wildman–Crippen MR) is 71.1 cm³/mol. The van der Waals surface area contributed by atoms with E-state index in [4.69, 9.17) is 5.10 Å². The van der Waals surface area contributed by atoms with Crippen LogP contribution in [0.1, 0.15) is 55.6 Å². The average molecular weight is 235 g/mol. The molecule has 96 valence electrons. The van der Waals surface area contributed by atoms with E-state index < -0.39 is 0 Å². The van der Waals surface area contributed by atoms with E-state index >= 15 is 0 Å². The number of rotatable bonds is 6. The van der Waals surface area contributed by atoms with E-state index in [9.17, 15) is 0 Å². The Morgan fingerprint density at radius 1 is 1.41 bits per heavy atom. The van der Waals surface area contributed by atoms with E-state index in [1.165, 1.54) is 36.2 Å². The Hall–Kier alpha value is -0.830. The third-order valence-electron chi connectivity index (χ3n) is 3.99. The van der Waals surface area contributed by atoms with Gasteiger partial charge in [0.05, 0.1) is 5.69 Å². The quantitative estimate of drug-likeness (QED) is 0.821. The maximum atomic E-state index is 4.70. The number of hydrogen-bond acceptors (Lipinski definition) is 2. The van der Waals surface area contributed by atoms with Crippen molar-refractivity contribution in [1.29, 1.82) is 0 Å². The molecule has 3 heteroatoms. The number of aryl methyl sites for hydroxylation is 2. The van der Waals surface area contributed by atoms with Gasteiger partial charge in [0.25, 0.3) is 0 Å². The van der Waals surface area contributed by atoms with Crippen LogP contribution in [0.3, 0.4) is 0 Å². The molecule has 1 aromatic heterocycles. The van der Waals surface area contributed by atoms with Crippen LogP contribution in [0.15, 0.2) is 0 Å². The summed E-state index contributed by atoms with van der Waals surface area (Å²) in [7, 11) is 2.04. The van der Waals surface area contributed by atoms with Crippen LogP contribution < -0.4 is 5.32 Å². The Morgan fingerprint density at radius 3 is 2.65 bits per heavy atom. The molecule has 0 aromatic carbocycles. The fourth-order valence-electron chi connectivity index (χ4n) is 2.70. The summed E-state index contributed by atoms with van der Waals surface area (Å²) in [6.07, 6.45) is 5.28. The molecule has 3 nitrogen and oxygen atoms in total. The number of nitrogens with zero attached hydrogens (tertiary/aromatic N) is 2. The van der Waals surface area contributed by atoms with Gasteiger partial charge in [-0.1, -0.05) is 19.8 Å². The van der Waals surface area contributed by atoms with Crippen LogP contribution in [0.4, 0.5) is 0 Å². The van der Waals surface area contributed by atoms with E-state index in [1.54, 1.807) is 0 Å². The molecule has 17 heavy (non-hydrogen) atoms. The highest BCUT2D eigenvalue weighted by Gasteiger charge is 2.23. The zero-order valence-corrected chi connectivity index (χ0v) is 11.6. The molecule has 1 heterocycles. The second-order valence-electron chi connectivity index (χ2n) is 5.29. The Kier molecular flexibility index (Phi) is 3.87. The highest BCUT2D eigenvalue weighted by molar-refractivity contribution is 5.28. The van der Waals surface area contributed by atoms with Crippen LogP contribution in [0.2, 0.25) is 0 Å². The Bertz CT molecular complexity index is 373. The fourth-order valence-corrected chi connectivity index (χ4v) is 2.70. The Labute approximate surface area is 105 Å². The number of nitrogens with one attached hydrogen (secondary N) is 1. The maximum absolute atomic E-state index is 4.70. The van der Waals surface area contributed by atoms with Crippen molar-refractivity contribution in [2.75, 3.05) is 7.05 Å². The van der Waals surface area contributed by atoms with Crippen LogP contribution in [0, 0.1) is 19.8 Å². The molecule has 0 bridgehead atoms. The first-order chi connectivity index (χ1) is 8.17. The summed E-state index contributed by atoms with van der Waals surface area (Å²) in [5.41, 5.74) is 3.95. The molecular weight excluding hydrogens is 210 g/mol. The lowest BCUT2D eigenvalue weighted by Gasteiger charge is -2.14. The van der Waals surface area contributed by atoms with Gasteiger partial charge in [-0.05, 0) is 39.7 Å². The van der Waals surface area contributed by atoms with Crippen LogP contribution in [0.5, 0.6) is 0 Å². The van der Waals surface area contributed by atoms with Crippen molar-refractivity contribution in [1.82, 2.24) is 15.1 Å². The number of aromatic nitrogens is 2. The van der Waals surface area contributed by atoms with E-state index in [-0.39, 0.29) is 0 Å². The SMILES string of the molecule is CCC(NC)c1c(C)nn(CCC2CC2)c1C. The maximum Gasteiger partial charge on any atom is 0.0644 e. The first-order valence-corrected chi connectivity index (χ1v) is 6.88. The smallest absolute Gasteiger partial charge is 0.0644 e. The molecule has 2 rings (SSSR count). The van der Waals surface area contributed by atoms with Crippen molar-refractivity contribution >= 4 is 0 Å². The van der Waals surface area contributed by atoms with Gasteiger partial charge in [0.1, 0.15) is 0 Å². The molecule has 0 aliphatic heterocycles. The Morgan fingerprint density at radius 2 is 2.12 bits per heavy atom. The minimum atomic E-state index is 0.449. The Balaban J connectivity index is 2.14. The van der Waals surface area contributed by atoms with Gasteiger partial charge in [-0.3, -0.25) is 4.68 Å². The molecule has 1 aliphatic carbocycles. The van der Waals surface area contributed by atoms with Crippen molar-refractivity contribution in [3.05, 3.63) is 17.0 Å². The van der Waals surface area contributed by atoms with E-state index in [2.05, 4.69) is 30.8 Å². The summed E-state index contributed by atoms with van der Waals surface area (Å²) in [5, 5.41) is 8.09. The molecule has 0 radical (unpaired) electrons. The van der Waals surface area contributed by atoms with Crippen LogP contribution in [-0.4, -0.2) is 16.8 Å². The minimum Gasteiger partial charge on any atom is -0.313 e. The lowest BCUT2D eigenvalue weighted by molar-refractivity contribution is 0.528. The average Bonchev–Trinajstić information content (AvgIpc) is 3.09. The topological polar surface area (TPSA) is 29.9 Å². The van der Waals surface area contributed by atoms with Crippen molar-refractivity contribution in [2.24, 2.45) is 5.92 Å². The molecule has 0 saturated heterocycles. The minimum absolute atomic E-state index is 0.449. The molecular formula is C14H25N3. The van der Waals surface area contributed by atoms with Crippen LogP contribution >= 0.6 is 0 Å². The largest absolute Gasteiger partial charge is 0.313 e. The summed E-state index contributed by atoms with van der Waals surface area (Å²) >= 11 is 0. The second kappa shape index (κ2) is 5.21. The van der Waals surface area contributed by atoms with Gasteiger partial charge in [0, 0.05) is 23.8 Å². The summed E-state index contributed by atoms with van der Waals surface area (Å²) in [5.74, 6) is 0.980. The van der Waals surface area contributed by atoms with Gasteiger partial charge in [0.2, 0.25) is 0 Å². The van der Waals surface area contributed by atoms with Crippen molar-refractivity contribution in [2.45, 2.75) is 59.0 Å². The molecule has 0 amide bonds. The lowest BCUT2D eigenvalue weighted by atomic mass is 10.0. The summed E-state index contributed by atoms with van der Waals surface area (Å²) < 4.78 is 2.21. The van der Waals surface area contributed by atoms with E-state index in [0.29, 0.717) is 6.04 Å². The number of hydrogen-bond donors (Lipinski definition) is 1. The van der Waals surface area contributed by atoms with Crippen LogP contribution in [0.25, 0.3) is 0 Å². The molecule has 1 saturated carbocycles. The molecule has 1 atom stereocenters. The van der Waals surface area contributed by atoms with Gasteiger partial charge >= 0.3 is 0 Å². The zero-order valence-electron chi connectivity index (χ0n) is 11.6. The standard InChI is InChI=1S/C14H25N3/c1-5-13(15-4)14-10(2)16-17(11(14)3)9-8-12-6-7-12/h12-13,15H,5-9H2,1-4H3. The summed E-state index contributed by atoms with van der Waals surface area (Å²) in [6, 6.07) is 0.449. The lowest BCUT2D eigenvalue weighted by Crippen LogP contribution is -2.17. The third kappa shape index (κ3) is 2.71. The van der Waals surface area contributed by atoms with E-state index in [0.717, 1.165) is 18.9 Å². The van der Waals surface area contributed by atoms with Crippen LogP contribution in [-0.2, 0) is 6.54 Å². The van der Waals surface area contributed by atoms with E-state index in [1.807, 2.05) is 7.05 Å². The van der Waals surface area contributed by atoms with Gasteiger partial charge in [0.15, 0.2) is 0 Å². The van der Waals surface area contributed by atoms with Gasteiger partial charge in [-0.15, -0.1) is 0 Å². The molecule has 1 aromatic rings. The molecule has 1 aliphatic rings. The highest BCUT2D eigenvalue weighted by atomic mass is 15.3. The van der Waals surface area contributed by atoms with Gasteiger partial charge in [-0.2, -0.15) is 5.10 Å². The molecule has 1 unspecified atom stereocenters. The van der Waals surface area contributed by atoms with Crippen molar-refractivity contribution in [3.8, 4) is 0 Å². The van der Waals surface area contributed by atoms with Gasteiger partial charge in [-0.25, -0.2) is 0 Å². The van der Waals surface area contributed by atoms with Crippen molar-refractivity contribution in [3.63, 3.8) is 0 Å². The monoisotopic (exact) mass is 235 g/mol. The summed E-state index contributed by atoms with van der Waals surface area (Å²) in [6.45, 7) is 7.66. The predicted octanol–water partition coefficient (Wildman–Crippen LogP) is 2.97. The fraction of sp³-hybridized carbons (Fsp3) is 0.786. The summed E-state index contributed by atoms with van der Waals surface area (Å²) in [4.78, 5) is 0.